The highest BCUT2D eigenvalue weighted by Crippen LogP contribution is 2.41. The van der Waals surface area contributed by atoms with Gasteiger partial charge in [0.25, 0.3) is 0 Å². The summed E-state index contributed by atoms with van der Waals surface area (Å²) in [6.07, 6.45) is 6.28. The van der Waals surface area contributed by atoms with Crippen LogP contribution in [0.5, 0.6) is 0 Å². The number of likely N-dealkylation sites (tertiary alicyclic amines) is 1. The van der Waals surface area contributed by atoms with Crippen LogP contribution in [0, 0.1) is 17.7 Å². The van der Waals surface area contributed by atoms with E-state index in [-0.39, 0.29) is 17.8 Å². The van der Waals surface area contributed by atoms with Crippen LogP contribution in [0.2, 0.25) is 0 Å². The van der Waals surface area contributed by atoms with Gasteiger partial charge in [-0.1, -0.05) is 12.1 Å². The summed E-state index contributed by atoms with van der Waals surface area (Å²) < 4.78 is 14.7. The molecule has 2 fully saturated rings. The molecule has 2 heterocycles. The predicted octanol–water partition coefficient (Wildman–Crippen LogP) is 2.21. The van der Waals surface area contributed by atoms with E-state index in [0.29, 0.717) is 24.7 Å². The first-order valence-corrected chi connectivity index (χ1v) is 9.64. The molecule has 0 radical (unpaired) electrons. The largest absolute Gasteiger partial charge is 0.391 e. The lowest BCUT2D eigenvalue weighted by molar-refractivity contribution is -0.130. The summed E-state index contributed by atoms with van der Waals surface area (Å²) in [6.45, 7) is 1.50. The second-order valence-corrected chi connectivity index (χ2v) is 7.78. The van der Waals surface area contributed by atoms with E-state index in [1.807, 2.05) is 4.90 Å². The Balaban J connectivity index is 1.28. The van der Waals surface area contributed by atoms with Crippen LogP contribution >= 0.6 is 0 Å². The van der Waals surface area contributed by atoms with E-state index in [0.717, 1.165) is 37.9 Å². The zero-order valence-electron chi connectivity index (χ0n) is 15.2. The lowest BCUT2D eigenvalue weighted by atomic mass is 9.77. The Labute approximate surface area is 158 Å². The van der Waals surface area contributed by atoms with E-state index in [2.05, 4.69) is 10.1 Å². The molecular formula is C20H25FN4O2. The number of nitrogens with zero attached hydrogens (tertiary/aromatic N) is 4. The maximum Gasteiger partial charge on any atom is 0.222 e. The third-order valence-electron chi connectivity index (χ3n) is 6.01. The van der Waals surface area contributed by atoms with Crippen LogP contribution in [-0.2, 0) is 11.2 Å². The molecular weight excluding hydrogens is 347 g/mol. The lowest BCUT2D eigenvalue weighted by Gasteiger charge is -2.34. The van der Waals surface area contributed by atoms with Crippen LogP contribution in [-0.4, -0.2) is 49.9 Å². The number of hydrogen-bond donors (Lipinski definition) is 1. The molecule has 7 heteroatoms. The number of rotatable bonds is 5. The van der Waals surface area contributed by atoms with Crippen molar-refractivity contribution >= 4 is 5.91 Å². The second-order valence-electron chi connectivity index (χ2n) is 7.78. The molecule has 1 aliphatic carbocycles. The van der Waals surface area contributed by atoms with Crippen molar-refractivity contribution in [1.29, 1.82) is 0 Å². The molecule has 1 N–H and O–H groups in total. The van der Waals surface area contributed by atoms with Crippen LogP contribution in [0.1, 0.15) is 37.3 Å². The molecule has 1 aromatic carbocycles. The predicted molar refractivity (Wildman–Crippen MR) is 97.2 cm³/mol. The van der Waals surface area contributed by atoms with Crippen molar-refractivity contribution in [3.8, 4) is 0 Å². The summed E-state index contributed by atoms with van der Waals surface area (Å²) in [6, 6.07) is 6.41. The standard InChI is InChI=1S/C20H25FN4O2/c21-17-6-4-14(5-7-17)2-1-3-20(27)24-10-15-8-18(25-13-22-12-23-25)19(26)9-16(15)11-24/h4-7,12-13,15-16,18-19,26H,1-3,8-11H2/t15-,16+,18-,19-/m1/s1. The van der Waals surface area contributed by atoms with Gasteiger partial charge in [-0.25, -0.2) is 14.1 Å². The fourth-order valence-electron chi connectivity index (χ4n) is 4.54. The van der Waals surface area contributed by atoms with Gasteiger partial charge in [-0.05, 0) is 55.2 Å². The summed E-state index contributed by atoms with van der Waals surface area (Å²) >= 11 is 0. The first-order chi connectivity index (χ1) is 13.1. The minimum Gasteiger partial charge on any atom is -0.391 e. The summed E-state index contributed by atoms with van der Waals surface area (Å²) in [5, 5.41) is 14.7. The van der Waals surface area contributed by atoms with Gasteiger partial charge in [0.15, 0.2) is 0 Å². The number of aryl methyl sites for hydroxylation is 1. The Hall–Kier alpha value is -2.28. The van der Waals surface area contributed by atoms with E-state index in [1.165, 1.54) is 18.5 Å². The first kappa shape index (κ1) is 18.1. The van der Waals surface area contributed by atoms with Gasteiger partial charge in [-0.2, -0.15) is 5.10 Å². The molecule has 1 aromatic heterocycles. The number of aliphatic hydroxyl groups excluding tert-OH is 1. The van der Waals surface area contributed by atoms with Gasteiger partial charge in [0.05, 0.1) is 12.1 Å². The van der Waals surface area contributed by atoms with Crippen LogP contribution in [0.25, 0.3) is 0 Å². The zero-order valence-corrected chi connectivity index (χ0v) is 15.2. The van der Waals surface area contributed by atoms with Gasteiger partial charge in [0.2, 0.25) is 5.91 Å². The normalized spacial score (nSPS) is 27.6. The molecule has 4 atom stereocenters. The third kappa shape index (κ3) is 4.03. The summed E-state index contributed by atoms with van der Waals surface area (Å²) in [4.78, 5) is 18.5. The fraction of sp³-hybridized carbons (Fsp3) is 0.550. The van der Waals surface area contributed by atoms with Crippen LogP contribution < -0.4 is 0 Å². The number of carbonyl (C=O) groups is 1. The number of hydrogen-bond acceptors (Lipinski definition) is 4. The van der Waals surface area contributed by atoms with Crippen LogP contribution in [0.15, 0.2) is 36.9 Å². The van der Waals surface area contributed by atoms with Crippen molar-refractivity contribution in [2.45, 2.75) is 44.2 Å². The molecule has 1 saturated carbocycles. The van der Waals surface area contributed by atoms with E-state index in [1.54, 1.807) is 23.1 Å². The Morgan fingerprint density at radius 2 is 1.93 bits per heavy atom. The minimum absolute atomic E-state index is 0.0534. The van der Waals surface area contributed by atoms with Crippen molar-refractivity contribution in [1.82, 2.24) is 19.7 Å². The number of aliphatic hydroxyl groups is 1. The highest BCUT2D eigenvalue weighted by Gasteiger charge is 2.43. The lowest BCUT2D eigenvalue weighted by Crippen LogP contribution is -2.36. The smallest absolute Gasteiger partial charge is 0.222 e. The molecule has 1 aliphatic heterocycles. The van der Waals surface area contributed by atoms with Crippen molar-refractivity contribution < 1.29 is 14.3 Å². The average Bonchev–Trinajstić information content (AvgIpc) is 3.32. The Bertz CT molecular complexity index is 765. The van der Waals surface area contributed by atoms with Gasteiger partial charge in [0.1, 0.15) is 18.5 Å². The average molecular weight is 372 g/mol. The highest BCUT2D eigenvalue weighted by atomic mass is 19.1. The molecule has 6 nitrogen and oxygen atoms in total. The van der Waals surface area contributed by atoms with Crippen LogP contribution in [0.3, 0.4) is 0 Å². The fourth-order valence-corrected chi connectivity index (χ4v) is 4.54. The van der Waals surface area contributed by atoms with Gasteiger partial charge in [0, 0.05) is 19.5 Å². The minimum atomic E-state index is -0.443. The molecule has 1 amide bonds. The maximum atomic E-state index is 12.9. The van der Waals surface area contributed by atoms with E-state index < -0.39 is 6.10 Å². The van der Waals surface area contributed by atoms with E-state index in [9.17, 15) is 14.3 Å². The Morgan fingerprint density at radius 1 is 1.19 bits per heavy atom. The van der Waals surface area contributed by atoms with Crippen molar-refractivity contribution in [3.63, 3.8) is 0 Å². The Kier molecular flexibility index (Phi) is 5.20. The third-order valence-corrected chi connectivity index (χ3v) is 6.01. The maximum absolute atomic E-state index is 12.9. The second kappa shape index (κ2) is 7.76. The van der Waals surface area contributed by atoms with Gasteiger partial charge < -0.3 is 10.0 Å². The van der Waals surface area contributed by atoms with Crippen molar-refractivity contribution in [2.24, 2.45) is 11.8 Å². The number of amides is 1. The van der Waals surface area contributed by atoms with Gasteiger partial charge in [-0.3, -0.25) is 4.79 Å². The molecule has 0 bridgehead atoms. The number of aromatic nitrogens is 3. The summed E-state index contributed by atoms with van der Waals surface area (Å²) in [5.74, 6) is 0.712. The number of fused-ring (bicyclic) bond motifs is 1. The number of halogens is 1. The SMILES string of the molecule is O=C(CCCc1ccc(F)cc1)N1C[C@H]2C[C@@H](n3cncn3)[C@H](O)C[C@H]2C1. The quantitative estimate of drug-likeness (QED) is 0.874. The Morgan fingerprint density at radius 3 is 2.63 bits per heavy atom. The van der Waals surface area contributed by atoms with Crippen molar-refractivity contribution in [2.75, 3.05) is 13.1 Å². The highest BCUT2D eigenvalue weighted by molar-refractivity contribution is 5.76. The first-order valence-electron chi connectivity index (χ1n) is 9.64. The number of benzene rings is 1. The van der Waals surface area contributed by atoms with Gasteiger partial charge in [-0.15, -0.1) is 0 Å². The molecule has 2 aliphatic rings. The summed E-state index contributed by atoms with van der Waals surface area (Å²) in [7, 11) is 0. The van der Waals surface area contributed by atoms with Crippen molar-refractivity contribution in [3.05, 3.63) is 48.3 Å². The van der Waals surface area contributed by atoms with Gasteiger partial charge >= 0.3 is 0 Å². The molecule has 4 rings (SSSR count). The van der Waals surface area contributed by atoms with Crippen LogP contribution in [0.4, 0.5) is 4.39 Å². The topological polar surface area (TPSA) is 71.2 Å². The zero-order chi connectivity index (χ0) is 18.8. The molecule has 27 heavy (non-hydrogen) atoms. The molecule has 0 spiro atoms. The molecule has 1 saturated heterocycles. The van der Waals surface area contributed by atoms with E-state index >= 15 is 0 Å². The monoisotopic (exact) mass is 372 g/mol. The number of carbonyl (C=O) groups excluding carboxylic acids is 1. The molecule has 144 valence electrons. The summed E-state index contributed by atoms with van der Waals surface area (Å²) in [5.41, 5.74) is 1.05. The van der Waals surface area contributed by atoms with E-state index in [4.69, 9.17) is 0 Å². The molecule has 2 aromatic rings. The molecule has 0 unspecified atom stereocenters.